The van der Waals surface area contributed by atoms with Crippen LogP contribution in [0.5, 0.6) is 0 Å². The number of para-hydroxylation sites is 1. The zero-order valence-corrected chi connectivity index (χ0v) is 22.5. The van der Waals surface area contributed by atoms with Gasteiger partial charge in [-0.05, 0) is 61.7 Å². The maximum Gasteiger partial charge on any atom is 0.416 e. The number of nitrogens with zero attached hydrogens (tertiary/aromatic N) is 4. The minimum absolute atomic E-state index is 0.0458. The number of hydrogen-bond acceptors (Lipinski definition) is 6. The summed E-state index contributed by atoms with van der Waals surface area (Å²) in [5, 5.41) is 0.695. The van der Waals surface area contributed by atoms with Gasteiger partial charge in [0.05, 0.1) is 11.1 Å². The molecule has 1 saturated heterocycles. The molecule has 2 aromatic carbocycles. The number of carbonyl (C=O) groups excluding carboxylic acids is 1. The molecular formula is C28H28F3N5O3S. The van der Waals surface area contributed by atoms with Crippen LogP contribution in [0.25, 0.3) is 10.9 Å². The minimum atomic E-state index is -4.50. The monoisotopic (exact) mass is 571 g/mol. The number of hydrogen-bond donors (Lipinski definition) is 1. The number of allylic oxidation sites excluding steroid dienone is 2. The second-order valence-corrected chi connectivity index (χ2v) is 10.9. The van der Waals surface area contributed by atoms with Crippen molar-refractivity contribution >= 4 is 39.2 Å². The van der Waals surface area contributed by atoms with E-state index in [-0.39, 0.29) is 28.6 Å². The second kappa shape index (κ2) is 12.0. The summed E-state index contributed by atoms with van der Waals surface area (Å²) in [5.41, 5.74) is 0.419. The van der Waals surface area contributed by atoms with Crippen LogP contribution in [0, 0.1) is 0 Å². The molecule has 1 fully saturated rings. The number of alkyl halides is 3. The summed E-state index contributed by atoms with van der Waals surface area (Å²) in [5.74, 6) is -0.240. The second-order valence-electron chi connectivity index (χ2n) is 9.27. The summed E-state index contributed by atoms with van der Waals surface area (Å²) >= 11 is 0. The highest BCUT2D eigenvalue weighted by Gasteiger charge is 2.34. The molecule has 0 spiro atoms. The quantitative estimate of drug-likeness (QED) is 0.307. The summed E-state index contributed by atoms with van der Waals surface area (Å²) in [4.78, 5) is 24.1. The smallest absolute Gasteiger partial charge is 0.336 e. The van der Waals surface area contributed by atoms with Gasteiger partial charge in [-0.3, -0.25) is 24.4 Å². The molecule has 12 heteroatoms. The number of pyridine rings is 1. The number of rotatable bonds is 8. The van der Waals surface area contributed by atoms with Crippen LogP contribution < -0.4 is 4.72 Å². The maximum absolute atomic E-state index is 13.4. The molecule has 0 unspecified atom stereocenters. The third kappa shape index (κ3) is 6.75. The summed E-state index contributed by atoms with van der Waals surface area (Å²) < 4.78 is 68.8. The van der Waals surface area contributed by atoms with Crippen LogP contribution >= 0.6 is 0 Å². The Balaban J connectivity index is 1.38. The molecule has 0 bridgehead atoms. The van der Waals surface area contributed by atoms with Crippen LogP contribution in [-0.2, 0) is 10.0 Å². The first-order valence-electron chi connectivity index (χ1n) is 12.4. The van der Waals surface area contributed by atoms with E-state index in [1.807, 2.05) is 4.90 Å². The lowest BCUT2D eigenvalue weighted by atomic mass is 10.1. The Bertz CT molecular complexity index is 1550. The molecule has 0 atom stereocenters. The summed E-state index contributed by atoms with van der Waals surface area (Å²) in [7, 11) is -3.93. The molecule has 8 nitrogen and oxygen atoms in total. The molecule has 1 aromatic heterocycles. The van der Waals surface area contributed by atoms with Crippen LogP contribution in [0.15, 0.2) is 94.1 Å². The number of halogens is 3. The lowest BCUT2D eigenvalue weighted by Gasteiger charge is -2.35. The highest BCUT2D eigenvalue weighted by atomic mass is 32.2. The van der Waals surface area contributed by atoms with Gasteiger partial charge in [0.2, 0.25) is 0 Å². The average Bonchev–Trinajstić information content (AvgIpc) is 2.92. The van der Waals surface area contributed by atoms with Crippen LogP contribution in [0.1, 0.15) is 17.3 Å². The van der Waals surface area contributed by atoms with E-state index >= 15 is 0 Å². The molecular weight excluding hydrogens is 543 g/mol. The minimum Gasteiger partial charge on any atom is -0.336 e. The Kier molecular flexibility index (Phi) is 8.70. The molecule has 4 rings (SSSR count). The van der Waals surface area contributed by atoms with E-state index in [9.17, 15) is 26.4 Å². The molecule has 1 amide bonds. The predicted octanol–water partition coefficient (Wildman–Crippen LogP) is 4.89. The number of anilines is 1. The molecule has 0 radical (unpaired) electrons. The standard InChI is InChI=1S/C28H28F3N5O3S/c1-20(24(12-14-32-2)28(29,30)31)19-35-15-17-36(18-16-35)27(37)22-8-10-23(11-9-22)34-40(38,39)25-7-3-5-21-6-4-13-33-26(21)25/h3-14,34H,2,15-19H2,1H3/b14-12-,24-20-. The van der Waals surface area contributed by atoms with Crippen LogP contribution in [0.4, 0.5) is 18.9 Å². The van der Waals surface area contributed by atoms with Crippen molar-refractivity contribution in [3.05, 3.63) is 89.8 Å². The van der Waals surface area contributed by atoms with Gasteiger partial charge in [-0.2, -0.15) is 13.2 Å². The number of piperazine rings is 1. The zero-order valence-electron chi connectivity index (χ0n) is 21.7. The zero-order chi connectivity index (χ0) is 28.9. The van der Waals surface area contributed by atoms with Crippen molar-refractivity contribution in [1.82, 2.24) is 14.8 Å². The topological polar surface area (TPSA) is 95.0 Å². The Hall–Kier alpha value is -4.03. The predicted molar refractivity (Wildman–Crippen MR) is 149 cm³/mol. The number of benzene rings is 2. The SMILES string of the molecule is C=N/C=C\C(=C(/C)CN1CCN(C(=O)c2ccc(NS(=O)(=O)c3cccc4cccnc34)cc2)CC1)C(F)(F)F. The number of sulfonamides is 1. The highest BCUT2D eigenvalue weighted by molar-refractivity contribution is 7.93. The van der Waals surface area contributed by atoms with Crippen molar-refractivity contribution in [2.24, 2.45) is 4.99 Å². The fraction of sp³-hybridized carbons (Fsp3) is 0.250. The van der Waals surface area contributed by atoms with Gasteiger partial charge in [0, 0.05) is 61.8 Å². The van der Waals surface area contributed by atoms with Crippen molar-refractivity contribution < 1.29 is 26.4 Å². The van der Waals surface area contributed by atoms with Crippen LogP contribution in [0.3, 0.4) is 0 Å². The summed E-state index contributed by atoms with van der Waals surface area (Å²) in [6.07, 6.45) is -1.06. The fourth-order valence-corrected chi connectivity index (χ4v) is 5.74. The number of carbonyl (C=O) groups is 1. The van der Waals surface area contributed by atoms with Crippen molar-refractivity contribution in [2.75, 3.05) is 37.4 Å². The van der Waals surface area contributed by atoms with E-state index in [4.69, 9.17) is 0 Å². The normalized spacial score (nSPS) is 15.8. The van der Waals surface area contributed by atoms with Gasteiger partial charge in [0.1, 0.15) is 4.90 Å². The molecule has 0 saturated carbocycles. The molecule has 1 aliphatic heterocycles. The first-order chi connectivity index (χ1) is 19.0. The van der Waals surface area contributed by atoms with Crippen molar-refractivity contribution in [2.45, 2.75) is 18.0 Å². The van der Waals surface area contributed by atoms with E-state index in [2.05, 4.69) is 21.4 Å². The van der Waals surface area contributed by atoms with E-state index in [0.29, 0.717) is 42.6 Å². The Morgan fingerprint density at radius 3 is 2.40 bits per heavy atom. The van der Waals surface area contributed by atoms with Crippen LogP contribution in [0.2, 0.25) is 0 Å². The number of fused-ring (bicyclic) bond motifs is 1. The fourth-order valence-electron chi connectivity index (χ4n) is 4.50. The third-order valence-electron chi connectivity index (χ3n) is 6.50. The number of nitrogens with one attached hydrogen (secondary N) is 1. The number of aromatic nitrogens is 1. The van der Waals surface area contributed by atoms with Gasteiger partial charge < -0.3 is 4.90 Å². The average molecular weight is 572 g/mol. The molecule has 0 aliphatic carbocycles. The van der Waals surface area contributed by atoms with Crippen molar-refractivity contribution in [3.8, 4) is 0 Å². The Morgan fingerprint density at radius 1 is 1.07 bits per heavy atom. The Labute approximate surface area is 230 Å². The first-order valence-corrected chi connectivity index (χ1v) is 13.9. The van der Waals surface area contributed by atoms with E-state index < -0.39 is 21.8 Å². The highest BCUT2D eigenvalue weighted by Crippen LogP contribution is 2.30. The first kappa shape index (κ1) is 29.0. The van der Waals surface area contributed by atoms with Gasteiger partial charge in [-0.25, -0.2) is 8.42 Å². The third-order valence-corrected chi connectivity index (χ3v) is 7.91. The lowest BCUT2D eigenvalue weighted by molar-refractivity contribution is -0.0892. The van der Waals surface area contributed by atoms with Gasteiger partial charge in [0.25, 0.3) is 15.9 Å². The van der Waals surface area contributed by atoms with Crippen LogP contribution in [-0.4, -0.2) is 74.7 Å². The molecule has 1 N–H and O–H groups in total. The van der Waals surface area contributed by atoms with Gasteiger partial charge in [-0.15, -0.1) is 0 Å². The molecule has 3 aromatic rings. The van der Waals surface area contributed by atoms with Gasteiger partial charge >= 0.3 is 6.18 Å². The number of aliphatic imine (C=N–C) groups is 1. The Morgan fingerprint density at radius 2 is 1.75 bits per heavy atom. The molecule has 210 valence electrons. The summed E-state index contributed by atoms with van der Waals surface area (Å²) in [6, 6.07) is 14.5. The maximum atomic E-state index is 13.4. The van der Waals surface area contributed by atoms with Gasteiger partial charge in [-0.1, -0.05) is 18.2 Å². The van der Waals surface area contributed by atoms with E-state index in [1.165, 1.54) is 43.5 Å². The van der Waals surface area contributed by atoms with Crippen molar-refractivity contribution in [1.29, 1.82) is 0 Å². The summed E-state index contributed by atoms with van der Waals surface area (Å²) in [6.45, 7) is 6.23. The molecule has 2 heterocycles. The number of amides is 1. The van der Waals surface area contributed by atoms with E-state index in [1.54, 1.807) is 29.2 Å². The van der Waals surface area contributed by atoms with Crippen molar-refractivity contribution in [3.63, 3.8) is 0 Å². The lowest BCUT2D eigenvalue weighted by Crippen LogP contribution is -2.49. The largest absolute Gasteiger partial charge is 0.416 e. The van der Waals surface area contributed by atoms with E-state index in [0.717, 1.165) is 12.3 Å². The molecule has 40 heavy (non-hydrogen) atoms. The van der Waals surface area contributed by atoms with Gasteiger partial charge in [0.15, 0.2) is 0 Å². The molecule has 1 aliphatic rings.